The second-order valence-corrected chi connectivity index (χ2v) is 7.36. The molecule has 3 N–H and O–H groups in total. The van der Waals surface area contributed by atoms with Gasteiger partial charge in [-0.2, -0.15) is 0 Å². The van der Waals surface area contributed by atoms with Crippen molar-refractivity contribution < 1.29 is 17.6 Å². The molecule has 1 rings (SSSR count). The first-order chi connectivity index (χ1) is 8.93. The van der Waals surface area contributed by atoms with Crippen molar-refractivity contribution in [1.82, 2.24) is 5.32 Å². The Bertz CT molecular complexity index is 621. The van der Waals surface area contributed by atoms with Gasteiger partial charge in [-0.15, -0.1) is 0 Å². The van der Waals surface area contributed by atoms with E-state index in [9.17, 15) is 17.6 Å². The van der Waals surface area contributed by atoms with E-state index >= 15 is 0 Å². The van der Waals surface area contributed by atoms with Crippen molar-refractivity contribution in [2.45, 2.75) is 37.2 Å². The van der Waals surface area contributed by atoms with Crippen molar-refractivity contribution in [1.29, 1.82) is 0 Å². The van der Waals surface area contributed by atoms with E-state index in [2.05, 4.69) is 5.32 Å². The maximum absolute atomic E-state index is 13.8. The predicted molar refractivity (Wildman–Crippen MR) is 74.3 cm³/mol. The van der Waals surface area contributed by atoms with Crippen LogP contribution in [0.2, 0.25) is 0 Å². The molecule has 0 aromatic heterocycles. The number of hydrogen-bond acceptors (Lipinski definition) is 4. The van der Waals surface area contributed by atoms with Crippen molar-refractivity contribution >= 4 is 15.7 Å². The lowest BCUT2D eigenvalue weighted by Crippen LogP contribution is -2.49. The number of carbonyl (C=O) groups is 1. The summed E-state index contributed by atoms with van der Waals surface area (Å²) in [7, 11) is -3.60. The average Bonchev–Trinajstić information content (AvgIpc) is 2.25. The van der Waals surface area contributed by atoms with Crippen LogP contribution in [0, 0.1) is 5.82 Å². The van der Waals surface area contributed by atoms with Crippen LogP contribution in [0.4, 0.5) is 4.39 Å². The summed E-state index contributed by atoms with van der Waals surface area (Å²) in [4.78, 5) is 11.4. The van der Waals surface area contributed by atoms with E-state index in [0.717, 1.165) is 12.3 Å². The van der Waals surface area contributed by atoms with E-state index in [4.69, 9.17) is 5.73 Å². The Morgan fingerprint density at radius 2 is 1.95 bits per heavy atom. The number of sulfone groups is 1. The van der Waals surface area contributed by atoms with Gasteiger partial charge in [0.1, 0.15) is 10.7 Å². The monoisotopic (exact) mass is 302 g/mol. The van der Waals surface area contributed by atoms with Gasteiger partial charge >= 0.3 is 0 Å². The van der Waals surface area contributed by atoms with Crippen LogP contribution < -0.4 is 11.1 Å². The number of nitrogens with one attached hydrogen (secondary N) is 1. The van der Waals surface area contributed by atoms with Crippen molar-refractivity contribution in [3.63, 3.8) is 0 Å². The molecule has 0 aliphatic carbocycles. The number of rotatable bonds is 4. The van der Waals surface area contributed by atoms with Crippen LogP contribution in [0.1, 0.15) is 32.4 Å². The van der Waals surface area contributed by atoms with Crippen LogP contribution in [0.25, 0.3) is 0 Å². The number of benzene rings is 1. The van der Waals surface area contributed by atoms with E-state index in [1.54, 1.807) is 20.8 Å². The Labute approximate surface area is 118 Å². The summed E-state index contributed by atoms with van der Waals surface area (Å²) in [5.41, 5.74) is 5.07. The Morgan fingerprint density at radius 3 is 2.35 bits per heavy atom. The zero-order chi connectivity index (χ0) is 15.7. The largest absolute Gasteiger partial charge is 0.348 e. The Balaban J connectivity index is 3.00. The molecule has 0 spiro atoms. The first-order valence-electron chi connectivity index (χ1n) is 6.02. The molecular formula is C13H19FN2O3S. The fraction of sp³-hybridized carbons (Fsp3) is 0.462. The molecule has 1 aromatic carbocycles. The second kappa shape index (κ2) is 5.49. The van der Waals surface area contributed by atoms with Crippen molar-refractivity contribution in [3.05, 3.63) is 29.6 Å². The molecule has 0 saturated heterocycles. The Hall–Kier alpha value is -1.47. The maximum Gasteiger partial charge on any atom is 0.239 e. The molecule has 1 unspecified atom stereocenters. The van der Waals surface area contributed by atoms with Gasteiger partial charge in [0, 0.05) is 6.26 Å². The lowest BCUT2D eigenvalue weighted by Gasteiger charge is -2.22. The zero-order valence-electron chi connectivity index (χ0n) is 11.9. The molecule has 0 saturated carbocycles. The molecule has 0 aliphatic heterocycles. The van der Waals surface area contributed by atoms with Gasteiger partial charge in [-0.3, -0.25) is 4.79 Å². The van der Waals surface area contributed by atoms with Crippen LogP contribution in [-0.4, -0.2) is 26.1 Å². The normalized spacial score (nSPS) is 13.9. The summed E-state index contributed by atoms with van der Waals surface area (Å²) in [6.07, 6.45) is 0.938. The highest BCUT2D eigenvalue weighted by Gasteiger charge is 2.24. The highest BCUT2D eigenvalue weighted by atomic mass is 32.2. The third kappa shape index (κ3) is 4.01. The topological polar surface area (TPSA) is 89.3 Å². The van der Waals surface area contributed by atoms with E-state index in [-0.39, 0.29) is 10.8 Å². The van der Waals surface area contributed by atoms with Crippen LogP contribution in [-0.2, 0) is 14.6 Å². The summed E-state index contributed by atoms with van der Waals surface area (Å²) < 4.78 is 36.4. The fourth-order valence-corrected chi connectivity index (χ4v) is 2.28. The minimum Gasteiger partial charge on any atom is -0.348 e. The minimum atomic E-state index is -3.60. The quantitative estimate of drug-likeness (QED) is 0.873. The Kier molecular flexibility index (Phi) is 4.55. The lowest BCUT2D eigenvalue weighted by atomic mass is 10.0. The van der Waals surface area contributed by atoms with Gasteiger partial charge in [0.25, 0.3) is 0 Å². The second-order valence-electron chi connectivity index (χ2n) is 5.38. The zero-order valence-corrected chi connectivity index (χ0v) is 12.7. The van der Waals surface area contributed by atoms with E-state index in [1.807, 2.05) is 0 Å². The molecule has 20 heavy (non-hydrogen) atoms. The number of hydrogen-bond donors (Lipinski definition) is 2. The smallest absolute Gasteiger partial charge is 0.239 e. The molecule has 1 atom stereocenters. The van der Waals surface area contributed by atoms with Crippen LogP contribution >= 0.6 is 0 Å². The molecule has 0 fully saturated rings. The average molecular weight is 302 g/mol. The van der Waals surface area contributed by atoms with Gasteiger partial charge < -0.3 is 11.1 Å². The van der Waals surface area contributed by atoms with E-state index in [0.29, 0.717) is 5.56 Å². The first kappa shape index (κ1) is 16.6. The summed E-state index contributed by atoms with van der Waals surface area (Å²) >= 11 is 0. The first-order valence-corrected chi connectivity index (χ1v) is 7.91. The SMILES string of the molecule is CC(NC(=O)C(C)(C)N)c1ccc(S(C)(=O)=O)c(F)c1. The van der Waals surface area contributed by atoms with Crippen LogP contribution in [0.3, 0.4) is 0 Å². The summed E-state index contributed by atoms with van der Waals surface area (Å²) in [6, 6.07) is 3.28. The third-order valence-electron chi connectivity index (χ3n) is 2.79. The van der Waals surface area contributed by atoms with Crippen molar-refractivity contribution in [2.75, 3.05) is 6.26 Å². The van der Waals surface area contributed by atoms with Gasteiger partial charge in [0.15, 0.2) is 9.84 Å². The third-order valence-corrected chi connectivity index (χ3v) is 3.92. The molecule has 7 heteroatoms. The molecule has 0 radical (unpaired) electrons. The fourth-order valence-electron chi connectivity index (χ4n) is 1.55. The predicted octanol–water partition coefficient (Wildman–Crippen LogP) is 1.14. The van der Waals surface area contributed by atoms with Crippen LogP contribution in [0.15, 0.2) is 23.1 Å². The summed E-state index contributed by atoms with van der Waals surface area (Å²) in [6.45, 7) is 4.78. The van der Waals surface area contributed by atoms with Gasteiger partial charge in [0.2, 0.25) is 5.91 Å². The van der Waals surface area contributed by atoms with Crippen molar-refractivity contribution in [3.8, 4) is 0 Å². The molecule has 0 aliphatic rings. The summed E-state index contributed by atoms with van der Waals surface area (Å²) in [5.74, 6) is -1.21. The molecule has 1 amide bonds. The molecule has 0 heterocycles. The molecule has 0 bridgehead atoms. The molecule has 1 aromatic rings. The number of nitrogens with two attached hydrogens (primary N) is 1. The number of halogens is 1. The highest BCUT2D eigenvalue weighted by molar-refractivity contribution is 7.90. The van der Waals surface area contributed by atoms with Gasteiger partial charge in [-0.25, -0.2) is 12.8 Å². The molecular weight excluding hydrogens is 283 g/mol. The highest BCUT2D eigenvalue weighted by Crippen LogP contribution is 2.20. The standard InChI is InChI=1S/C13H19FN2O3S/c1-8(16-12(17)13(2,3)15)9-5-6-11(10(14)7-9)20(4,18)19/h5-8H,15H2,1-4H3,(H,16,17). The molecule has 112 valence electrons. The Morgan fingerprint density at radius 1 is 1.40 bits per heavy atom. The number of carbonyl (C=O) groups excluding carboxylic acids is 1. The number of amides is 1. The maximum atomic E-state index is 13.8. The summed E-state index contributed by atoms with van der Waals surface area (Å²) in [5, 5.41) is 2.64. The lowest BCUT2D eigenvalue weighted by molar-refractivity contribution is -0.125. The van der Waals surface area contributed by atoms with E-state index < -0.39 is 27.2 Å². The van der Waals surface area contributed by atoms with Gasteiger partial charge in [-0.1, -0.05) is 6.07 Å². The van der Waals surface area contributed by atoms with Crippen molar-refractivity contribution in [2.24, 2.45) is 5.73 Å². The van der Waals surface area contributed by atoms with E-state index in [1.165, 1.54) is 12.1 Å². The van der Waals surface area contributed by atoms with Gasteiger partial charge in [0.05, 0.1) is 11.6 Å². The van der Waals surface area contributed by atoms with Crippen LogP contribution in [0.5, 0.6) is 0 Å². The minimum absolute atomic E-state index is 0.362. The van der Waals surface area contributed by atoms with Gasteiger partial charge in [-0.05, 0) is 38.5 Å². The molecule has 5 nitrogen and oxygen atoms in total.